The normalized spacial score (nSPS) is 9.67. The highest BCUT2D eigenvalue weighted by Crippen LogP contribution is 2.27. The van der Waals surface area contributed by atoms with Gasteiger partial charge >= 0.3 is 0 Å². The number of nitrogen functional groups attached to an aromatic ring is 1. The maximum absolute atomic E-state index is 5.79. The van der Waals surface area contributed by atoms with Crippen LogP contribution in [0.15, 0.2) is 0 Å². The average molecular weight is 189 g/mol. The van der Waals surface area contributed by atoms with Crippen LogP contribution < -0.4 is 16.0 Å². The lowest BCUT2D eigenvalue weighted by molar-refractivity contribution is 0.396. The molecule has 0 aliphatic heterocycles. The molecule has 66 valence electrons. The summed E-state index contributed by atoms with van der Waals surface area (Å²) in [5, 5.41) is 0.283. The van der Waals surface area contributed by atoms with Crippen LogP contribution in [0.2, 0.25) is 5.02 Å². The molecule has 0 aliphatic carbocycles. The van der Waals surface area contributed by atoms with Gasteiger partial charge in [-0.2, -0.15) is 4.98 Å². The predicted molar refractivity (Wildman–Crippen MR) is 46.1 cm³/mol. The van der Waals surface area contributed by atoms with E-state index in [1.54, 1.807) is 6.92 Å². The van der Waals surface area contributed by atoms with Gasteiger partial charge in [0.15, 0.2) is 5.82 Å². The number of rotatable bonds is 2. The molecule has 0 fully saturated rings. The Hall–Kier alpha value is -1.07. The van der Waals surface area contributed by atoms with E-state index in [1.165, 1.54) is 7.11 Å². The zero-order valence-corrected chi connectivity index (χ0v) is 7.51. The molecular formula is C6H9ClN4O. The van der Waals surface area contributed by atoms with Crippen molar-refractivity contribution in [1.29, 1.82) is 0 Å². The number of nitrogens with two attached hydrogens (primary N) is 1. The molecule has 1 aromatic heterocycles. The first-order valence-electron chi connectivity index (χ1n) is 3.23. The second kappa shape index (κ2) is 3.55. The summed E-state index contributed by atoms with van der Waals surface area (Å²) >= 11 is 5.79. The van der Waals surface area contributed by atoms with Crippen LogP contribution >= 0.6 is 11.6 Å². The smallest absolute Gasteiger partial charge is 0.237 e. The topological polar surface area (TPSA) is 73.1 Å². The molecule has 6 heteroatoms. The SMILES string of the molecule is COc1nc(C)nc(NN)c1Cl. The van der Waals surface area contributed by atoms with Crippen LogP contribution in [0.4, 0.5) is 5.82 Å². The van der Waals surface area contributed by atoms with E-state index in [-0.39, 0.29) is 5.02 Å². The summed E-state index contributed by atoms with van der Waals surface area (Å²) < 4.78 is 4.89. The monoisotopic (exact) mass is 188 g/mol. The molecule has 1 rings (SSSR count). The molecule has 3 N–H and O–H groups in total. The van der Waals surface area contributed by atoms with Crippen LogP contribution in [0, 0.1) is 6.92 Å². The Balaban J connectivity index is 3.22. The number of ether oxygens (including phenoxy) is 1. The van der Waals surface area contributed by atoms with Crippen molar-refractivity contribution in [3.8, 4) is 5.88 Å². The minimum atomic E-state index is 0.283. The summed E-state index contributed by atoms with van der Waals surface area (Å²) in [5.74, 6) is 6.39. The van der Waals surface area contributed by atoms with Crippen molar-refractivity contribution in [2.45, 2.75) is 6.92 Å². The maximum Gasteiger partial charge on any atom is 0.237 e. The number of aromatic nitrogens is 2. The van der Waals surface area contributed by atoms with E-state index in [4.69, 9.17) is 22.2 Å². The van der Waals surface area contributed by atoms with Crippen LogP contribution in [0.5, 0.6) is 5.88 Å². The zero-order chi connectivity index (χ0) is 9.14. The quantitative estimate of drug-likeness (QED) is 0.529. The summed E-state index contributed by atoms with van der Waals surface area (Å²) in [4.78, 5) is 7.88. The summed E-state index contributed by atoms with van der Waals surface area (Å²) in [7, 11) is 1.48. The van der Waals surface area contributed by atoms with Crippen molar-refractivity contribution in [2.24, 2.45) is 5.84 Å². The van der Waals surface area contributed by atoms with Gasteiger partial charge in [0.05, 0.1) is 7.11 Å². The number of hydrazine groups is 1. The first-order chi connectivity index (χ1) is 5.69. The van der Waals surface area contributed by atoms with Crippen LogP contribution in [-0.4, -0.2) is 17.1 Å². The van der Waals surface area contributed by atoms with Gasteiger partial charge in [0.2, 0.25) is 5.88 Å². The molecule has 12 heavy (non-hydrogen) atoms. The highest BCUT2D eigenvalue weighted by Gasteiger charge is 2.09. The van der Waals surface area contributed by atoms with E-state index >= 15 is 0 Å². The molecular weight excluding hydrogens is 180 g/mol. The van der Waals surface area contributed by atoms with E-state index in [1.807, 2.05) is 0 Å². The molecule has 0 amide bonds. The fourth-order valence-corrected chi connectivity index (χ4v) is 0.980. The number of methoxy groups -OCH3 is 1. The molecule has 0 radical (unpaired) electrons. The van der Waals surface area contributed by atoms with Crippen molar-refractivity contribution in [3.63, 3.8) is 0 Å². The minimum absolute atomic E-state index is 0.283. The van der Waals surface area contributed by atoms with Crippen molar-refractivity contribution < 1.29 is 4.74 Å². The fraction of sp³-hybridized carbons (Fsp3) is 0.333. The Morgan fingerprint density at radius 1 is 1.50 bits per heavy atom. The summed E-state index contributed by atoms with van der Waals surface area (Å²) in [6.45, 7) is 1.72. The van der Waals surface area contributed by atoms with Gasteiger partial charge in [-0.3, -0.25) is 0 Å². The van der Waals surface area contributed by atoms with Gasteiger partial charge in [-0.15, -0.1) is 0 Å². The standard InChI is InChI=1S/C6H9ClN4O/c1-3-9-5(11-8)4(7)6(10-3)12-2/h8H2,1-2H3,(H,9,10,11). The van der Waals surface area contributed by atoms with Crippen LogP contribution in [-0.2, 0) is 0 Å². The second-order valence-electron chi connectivity index (χ2n) is 2.09. The van der Waals surface area contributed by atoms with Gasteiger partial charge in [0.25, 0.3) is 0 Å². The number of aryl methyl sites for hydroxylation is 1. The molecule has 0 aromatic carbocycles. The summed E-state index contributed by atoms with van der Waals surface area (Å²) in [6, 6.07) is 0. The maximum atomic E-state index is 5.79. The molecule has 1 heterocycles. The van der Waals surface area contributed by atoms with E-state index in [0.29, 0.717) is 17.5 Å². The van der Waals surface area contributed by atoms with Crippen molar-refractivity contribution >= 4 is 17.4 Å². The third kappa shape index (κ3) is 1.57. The van der Waals surface area contributed by atoms with Gasteiger partial charge in [-0.1, -0.05) is 11.6 Å². The minimum Gasteiger partial charge on any atom is -0.480 e. The van der Waals surface area contributed by atoms with Crippen LogP contribution in [0.25, 0.3) is 0 Å². The van der Waals surface area contributed by atoms with Crippen molar-refractivity contribution in [1.82, 2.24) is 9.97 Å². The highest BCUT2D eigenvalue weighted by molar-refractivity contribution is 6.34. The van der Waals surface area contributed by atoms with Gasteiger partial charge in [0, 0.05) is 0 Å². The fourth-order valence-electron chi connectivity index (χ4n) is 0.764. The molecule has 0 unspecified atom stereocenters. The third-order valence-corrected chi connectivity index (χ3v) is 1.60. The molecule has 0 atom stereocenters. The van der Waals surface area contributed by atoms with Crippen LogP contribution in [0.1, 0.15) is 5.82 Å². The number of nitrogens with one attached hydrogen (secondary N) is 1. The van der Waals surface area contributed by atoms with Crippen molar-refractivity contribution in [2.75, 3.05) is 12.5 Å². The number of hydrogen-bond donors (Lipinski definition) is 2. The Bertz CT molecular complexity index is 266. The Kier molecular flexibility index (Phi) is 2.67. The lowest BCUT2D eigenvalue weighted by Crippen LogP contribution is -2.11. The zero-order valence-electron chi connectivity index (χ0n) is 6.76. The van der Waals surface area contributed by atoms with E-state index < -0.39 is 0 Å². The van der Waals surface area contributed by atoms with Gasteiger partial charge < -0.3 is 10.2 Å². The van der Waals surface area contributed by atoms with E-state index in [9.17, 15) is 0 Å². The first kappa shape index (κ1) is 9.02. The highest BCUT2D eigenvalue weighted by atomic mass is 35.5. The predicted octanol–water partition coefficient (Wildman–Crippen LogP) is 0.733. The Labute approximate surface area is 74.9 Å². The number of nitrogens with zero attached hydrogens (tertiary/aromatic N) is 2. The molecule has 0 aliphatic rings. The largest absolute Gasteiger partial charge is 0.480 e. The Morgan fingerprint density at radius 2 is 2.17 bits per heavy atom. The molecule has 1 aromatic rings. The lowest BCUT2D eigenvalue weighted by Gasteiger charge is -2.06. The number of anilines is 1. The van der Waals surface area contributed by atoms with Gasteiger partial charge in [-0.25, -0.2) is 10.8 Å². The lowest BCUT2D eigenvalue weighted by atomic mass is 10.5. The van der Waals surface area contributed by atoms with Gasteiger partial charge in [-0.05, 0) is 6.92 Å². The summed E-state index contributed by atoms with van der Waals surface area (Å²) in [5.41, 5.74) is 2.35. The van der Waals surface area contributed by atoms with Gasteiger partial charge in [0.1, 0.15) is 10.8 Å². The molecule has 0 bridgehead atoms. The first-order valence-corrected chi connectivity index (χ1v) is 3.61. The average Bonchev–Trinajstić information content (AvgIpc) is 2.08. The van der Waals surface area contributed by atoms with Crippen molar-refractivity contribution in [3.05, 3.63) is 10.8 Å². The number of halogens is 1. The van der Waals surface area contributed by atoms with E-state index in [2.05, 4.69) is 15.4 Å². The number of hydrogen-bond acceptors (Lipinski definition) is 5. The second-order valence-corrected chi connectivity index (χ2v) is 2.46. The van der Waals surface area contributed by atoms with Crippen LogP contribution in [0.3, 0.4) is 0 Å². The Morgan fingerprint density at radius 3 is 2.67 bits per heavy atom. The molecule has 0 saturated heterocycles. The molecule has 0 saturated carbocycles. The molecule has 0 spiro atoms. The third-order valence-electron chi connectivity index (χ3n) is 1.26. The summed E-state index contributed by atoms with van der Waals surface area (Å²) in [6.07, 6.45) is 0. The molecule has 5 nitrogen and oxygen atoms in total. The van der Waals surface area contributed by atoms with E-state index in [0.717, 1.165) is 0 Å².